The van der Waals surface area contributed by atoms with Crippen molar-refractivity contribution in [3.8, 4) is 17.2 Å². The number of benzene rings is 3. The molecule has 0 saturated carbocycles. The second-order valence-corrected chi connectivity index (χ2v) is 11.2. The maximum atomic E-state index is 14.0. The van der Waals surface area contributed by atoms with Crippen LogP contribution in [0.1, 0.15) is 18.9 Å². The molecule has 1 N–H and O–H groups in total. The van der Waals surface area contributed by atoms with Crippen LogP contribution in [0, 0.1) is 0 Å². The molecule has 0 bridgehead atoms. The van der Waals surface area contributed by atoms with E-state index in [1.54, 1.807) is 31.2 Å². The number of anilines is 1. The first-order chi connectivity index (χ1) is 19.6. The highest BCUT2D eigenvalue weighted by Gasteiger charge is 2.34. The van der Waals surface area contributed by atoms with Gasteiger partial charge < -0.3 is 24.4 Å². The zero-order chi connectivity index (χ0) is 30.2. The van der Waals surface area contributed by atoms with Crippen LogP contribution in [-0.4, -0.2) is 66.1 Å². The third-order valence-electron chi connectivity index (χ3n) is 6.46. The first kappa shape index (κ1) is 31.6. The van der Waals surface area contributed by atoms with Crippen LogP contribution in [0.5, 0.6) is 17.2 Å². The fraction of sp³-hybridized carbons (Fsp3) is 0.310. The van der Waals surface area contributed by atoms with Crippen LogP contribution < -0.4 is 23.8 Å². The number of hydrogen-bond acceptors (Lipinski definition) is 7. The van der Waals surface area contributed by atoms with Gasteiger partial charge in [-0.2, -0.15) is 0 Å². The lowest BCUT2D eigenvalue weighted by molar-refractivity contribution is -0.140. The summed E-state index contributed by atoms with van der Waals surface area (Å²) in [5.41, 5.74) is 0.924. The number of rotatable bonds is 13. The molecule has 0 saturated heterocycles. The molecule has 0 aliphatic rings. The molecule has 0 aromatic heterocycles. The molecule has 0 heterocycles. The Bertz CT molecular complexity index is 1470. The Hall–Kier alpha value is -3.96. The number of halogens is 1. The van der Waals surface area contributed by atoms with Crippen molar-refractivity contribution >= 4 is 39.1 Å². The summed E-state index contributed by atoms with van der Waals surface area (Å²) in [5, 5.41) is 3.00. The summed E-state index contributed by atoms with van der Waals surface area (Å²) in [6, 6.07) is 16.5. The van der Waals surface area contributed by atoms with Crippen LogP contribution in [0.3, 0.4) is 0 Å². The quantitative estimate of drug-likeness (QED) is 0.313. The fourth-order valence-corrected chi connectivity index (χ4v) is 5.85. The number of ether oxygens (including phenoxy) is 3. The molecular weight excluding hydrogens is 570 g/mol. The molecule has 41 heavy (non-hydrogen) atoms. The van der Waals surface area contributed by atoms with Gasteiger partial charge in [-0.25, -0.2) is 8.42 Å². The Morgan fingerprint density at radius 1 is 0.927 bits per heavy atom. The Kier molecular flexibility index (Phi) is 10.8. The van der Waals surface area contributed by atoms with Crippen molar-refractivity contribution in [3.05, 3.63) is 77.3 Å². The predicted octanol–water partition coefficient (Wildman–Crippen LogP) is 4.11. The first-order valence-electron chi connectivity index (χ1n) is 12.7. The normalized spacial score (nSPS) is 11.8. The third-order valence-corrected chi connectivity index (χ3v) is 8.48. The van der Waals surface area contributed by atoms with Gasteiger partial charge >= 0.3 is 0 Å². The van der Waals surface area contributed by atoms with E-state index < -0.39 is 28.5 Å². The van der Waals surface area contributed by atoms with Crippen LogP contribution in [-0.2, 0) is 26.2 Å². The van der Waals surface area contributed by atoms with Crippen molar-refractivity contribution in [2.45, 2.75) is 30.8 Å². The number of likely N-dealkylation sites (N-methyl/N-ethyl adjacent to an activating group) is 1. The topological polar surface area (TPSA) is 114 Å². The summed E-state index contributed by atoms with van der Waals surface area (Å²) < 4.78 is 44.9. The van der Waals surface area contributed by atoms with Gasteiger partial charge in [-0.1, -0.05) is 30.7 Å². The molecule has 3 rings (SSSR count). The predicted molar refractivity (Wildman–Crippen MR) is 157 cm³/mol. The average molecular weight is 604 g/mol. The zero-order valence-electron chi connectivity index (χ0n) is 23.6. The van der Waals surface area contributed by atoms with Crippen molar-refractivity contribution < 1.29 is 32.2 Å². The Morgan fingerprint density at radius 2 is 1.61 bits per heavy atom. The van der Waals surface area contributed by atoms with Gasteiger partial charge in [0.15, 0.2) is 11.5 Å². The first-order valence-corrected chi connectivity index (χ1v) is 14.6. The van der Waals surface area contributed by atoms with Crippen LogP contribution in [0.15, 0.2) is 71.6 Å². The van der Waals surface area contributed by atoms with E-state index >= 15 is 0 Å². The van der Waals surface area contributed by atoms with E-state index in [1.165, 1.54) is 75.7 Å². The van der Waals surface area contributed by atoms with Gasteiger partial charge in [0.1, 0.15) is 18.3 Å². The molecule has 10 nitrogen and oxygen atoms in total. The highest BCUT2D eigenvalue weighted by atomic mass is 35.5. The van der Waals surface area contributed by atoms with E-state index in [0.717, 1.165) is 4.31 Å². The third kappa shape index (κ3) is 7.42. The summed E-state index contributed by atoms with van der Waals surface area (Å²) in [4.78, 5) is 28.1. The van der Waals surface area contributed by atoms with Gasteiger partial charge in [0.05, 0.1) is 31.9 Å². The number of amides is 2. The molecular formula is C29H34ClN3O7S. The summed E-state index contributed by atoms with van der Waals surface area (Å²) >= 11 is 6.07. The van der Waals surface area contributed by atoms with Gasteiger partial charge in [0.25, 0.3) is 10.0 Å². The molecule has 0 radical (unpaired) electrons. The molecule has 0 spiro atoms. The van der Waals surface area contributed by atoms with Gasteiger partial charge in [-0.3, -0.25) is 13.9 Å². The minimum absolute atomic E-state index is 0.0484. The molecule has 0 fully saturated rings. The summed E-state index contributed by atoms with van der Waals surface area (Å²) in [5.74, 6) is 0.191. The second-order valence-electron chi connectivity index (χ2n) is 8.92. The molecule has 220 valence electrons. The highest BCUT2D eigenvalue weighted by Crippen LogP contribution is 2.33. The molecule has 0 aliphatic carbocycles. The lowest BCUT2D eigenvalue weighted by Gasteiger charge is -2.33. The number of sulfonamides is 1. The lowest BCUT2D eigenvalue weighted by Crippen LogP contribution is -2.51. The largest absolute Gasteiger partial charge is 0.497 e. The number of nitrogens with zero attached hydrogens (tertiary/aromatic N) is 2. The number of carbonyl (C=O) groups is 2. The van der Waals surface area contributed by atoms with Crippen molar-refractivity contribution in [2.24, 2.45) is 0 Å². The number of methoxy groups -OCH3 is 3. The smallest absolute Gasteiger partial charge is 0.264 e. The Balaban J connectivity index is 2.09. The maximum Gasteiger partial charge on any atom is 0.264 e. The number of hydrogen-bond donors (Lipinski definition) is 1. The molecule has 0 unspecified atom stereocenters. The van der Waals surface area contributed by atoms with Crippen molar-refractivity contribution in [3.63, 3.8) is 0 Å². The van der Waals surface area contributed by atoms with Crippen molar-refractivity contribution in [1.82, 2.24) is 10.2 Å². The highest BCUT2D eigenvalue weighted by molar-refractivity contribution is 7.92. The SMILES string of the molecule is CC[C@H](C(=O)NC)N(Cc1cccc(OC)c1)C(=O)CN(c1ccc(Cl)cc1)S(=O)(=O)c1ccc(OC)c(OC)c1. The van der Waals surface area contributed by atoms with Gasteiger partial charge in [-0.05, 0) is 60.5 Å². The molecule has 3 aromatic carbocycles. The van der Waals surface area contributed by atoms with E-state index in [4.69, 9.17) is 25.8 Å². The summed E-state index contributed by atoms with van der Waals surface area (Å²) in [6.07, 6.45) is 0.304. The van der Waals surface area contributed by atoms with Gasteiger partial charge in [0, 0.05) is 24.7 Å². The minimum Gasteiger partial charge on any atom is -0.497 e. The van der Waals surface area contributed by atoms with Gasteiger partial charge in [-0.15, -0.1) is 0 Å². The Labute approximate surface area is 245 Å². The summed E-state index contributed by atoms with van der Waals surface area (Å²) in [6.45, 7) is 1.24. The number of carbonyl (C=O) groups excluding carboxylic acids is 2. The lowest BCUT2D eigenvalue weighted by atomic mass is 10.1. The van der Waals surface area contributed by atoms with Gasteiger partial charge in [0.2, 0.25) is 11.8 Å². The molecule has 2 amide bonds. The van der Waals surface area contributed by atoms with Crippen LogP contribution >= 0.6 is 11.6 Å². The summed E-state index contributed by atoms with van der Waals surface area (Å²) in [7, 11) is 1.55. The Morgan fingerprint density at radius 3 is 2.20 bits per heavy atom. The van der Waals surface area contributed by atoms with E-state index in [2.05, 4.69) is 5.32 Å². The molecule has 1 atom stereocenters. The standard InChI is InChI=1S/C29H34ClN3O7S/c1-6-25(29(35)31-2)32(18-20-8-7-9-23(16-20)38-3)28(34)19-33(22-12-10-21(30)11-13-22)41(36,37)24-14-15-26(39-4)27(17-24)40-5/h7-17,25H,6,18-19H2,1-5H3,(H,31,35)/t25-/m1/s1. The van der Waals surface area contributed by atoms with E-state index in [1.807, 2.05) is 0 Å². The van der Waals surface area contributed by atoms with Crippen molar-refractivity contribution in [2.75, 3.05) is 39.2 Å². The van der Waals surface area contributed by atoms with Crippen LogP contribution in [0.4, 0.5) is 5.69 Å². The zero-order valence-corrected chi connectivity index (χ0v) is 25.2. The maximum absolute atomic E-state index is 14.0. The molecule has 12 heteroatoms. The van der Waals surface area contributed by atoms with Crippen molar-refractivity contribution in [1.29, 1.82) is 0 Å². The van der Waals surface area contributed by atoms with E-state index in [9.17, 15) is 18.0 Å². The average Bonchev–Trinajstić information content (AvgIpc) is 2.99. The van der Waals surface area contributed by atoms with Crippen LogP contribution in [0.2, 0.25) is 5.02 Å². The van der Waals surface area contributed by atoms with Crippen LogP contribution in [0.25, 0.3) is 0 Å². The van der Waals surface area contributed by atoms with E-state index in [0.29, 0.717) is 28.5 Å². The number of nitrogens with one attached hydrogen (secondary N) is 1. The second kappa shape index (κ2) is 14.1. The molecule has 0 aliphatic heterocycles. The molecule has 3 aromatic rings. The minimum atomic E-state index is -4.31. The fourth-order valence-electron chi connectivity index (χ4n) is 4.29. The monoisotopic (exact) mass is 603 g/mol. The van der Waals surface area contributed by atoms with E-state index in [-0.39, 0.29) is 28.8 Å².